The van der Waals surface area contributed by atoms with Crippen molar-refractivity contribution in [3.63, 3.8) is 0 Å². The van der Waals surface area contributed by atoms with E-state index < -0.39 is 0 Å². The zero-order valence-electron chi connectivity index (χ0n) is 9.74. The van der Waals surface area contributed by atoms with Crippen LogP contribution in [0.3, 0.4) is 0 Å². The Kier molecular flexibility index (Phi) is 4.34. The summed E-state index contributed by atoms with van der Waals surface area (Å²) in [5.74, 6) is 0.916. The van der Waals surface area contributed by atoms with Crippen molar-refractivity contribution in [1.29, 1.82) is 0 Å². The standard InChI is InChI=1S/C13H15BrN2O/c1-2-10-4-3-6-16-12(10)8-15-9-13-11(14)5-7-17-13/h3-7,15H,2,8-9H2,1H3. The van der Waals surface area contributed by atoms with Gasteiger partial charge in [-0.1, -0.05) is 13.0 Å². The fourth-order valence-corrected chi connectivity index (χ4v) is 2.04. The molecule has 0 aliphatic heterocycles. The molecule has 0 aliphatic rings. The highest BCUT2D eigenvalue weighted by Gasteiger charge is 2.04. The number of furan rings is 1. The van der Waals surface area contributed by atoms with Crippen LogP contribution >= 0.6 is 15.9 Å². The Labute approximate surface area is 109 Å². The lowest BCUT2D eigenvalue weighted by atomic mass is 10.1. The SMILES string of the molecule is CCc1cccnc1CNCc1occc1Br. The monoisotopic (exact) mass is 294 g/mol. The molecule has 0 aliphatic carbocycles. The number of halogens is 1. The highest BCUT2D eigenvalue weighted by Crippen LogP contribution is 2.17. The molecule has 0 atom stereocenters. The summed E-state index contributed by atoms with van der Waals surface area (Å²) < 4.78 is 6.33. The van der Waals surface area contributed by atoms with Gasteiger partial charge in [0.2, 0.25) is 0 Å². The van der Waals surface area contributed by atoms with Crippen molar-refractivity contribution in [1.82, 2.24) is 10.3 Å². The number of hydrogen-bond donors (Lipinski definition) is 1. The molecule has 0 aromatic carbocycles. The normalized spacial score (nSPS) is 10.7. The number of pyridine rings is 1. The van der Waals surface area contributed by atoms with Gasteiger partial charge in [0.1, 0.15) is 5.76 Å². The molecule has 0 amide bonds. The van der Waals surface area contributed by atoms with Crippen LogP contribution in [0.2, 0.25) is 0 Å². The average Bonchev–Trinajstić information content (AvgIpc) is 2.76. The van der Waals surface area contributed by atoms with Crippen LogP contribution in [0, 0.1) is 0 Å². The van der Waals surface area contributed by atoms with Gasteiger partial charge in [-0.3, -0.25) is 4.98 Å². The molecule has 0 fully saturated rings. The first kappa shape index (κ1) is 12.3. The molecule has 0 unspecified atom stereocenters. The van der Waals surface area contributed by atoms with Crippen LogP contribution in [0.1, 0.15) is 23.9 Å². The highest BCUT2D eigenvalue weighted by atomic mass is 79.9. The van der Waals surface area contributed by atoms with E-state index in [-0.39, 0.29) is 0 Å². The summed E-state index contributed by atoms with van der Waals surface area (Å²) >= 11 is 3.43. The van der Waals surface area contributed by atoms with Gasteiger partial charge in [-0.25, -0.2) is 0 Å². The first-order chi connectivity index (χ1) is 8.31. The summed E-state index contributed by atoms with van der Waals surface area (Å²) in [5, 5.41) is 3.33. The molecule has 90 valence electrons. The molecule has 2 rings (SSSR count). The molecule has 17 heavy (non-hydrogen) atoms. The third-order valence-corrected chi connectivity index (χ3v) is 3.34. The maximum Gasteiger partial charge on any atom is 0.131 e. The second-order valence-electron chi connectivity index (χ2n) is 3.76. The Morgan fingerprint density at radius 1 is 1.35 bits per heavy atom. The second kappa shape index (κ2) is 5.98. The van der Waals surface area contributed by atoms with E-state index in [1.54, 1.807) is 6.26 Å². The van der Waals surface area contributed by atoms with E-state index in [1.807, 2.05) is 18.3 Å². The van der Waals surface area contributed by atoms with Crippen molar-refractivity contribution in [2.45, 2.75) is 26.4 Å². The van der Waals surface area contributed by atoms with Gasteiger partial charge in [-0.05, 0) is 40.0 Å². The number of aryl methyl sites for hydroxylation is 1. The summed E-state index contributed by atoms with van der Waals surface area (Å²) in [7, 11) is 0. The van der Waals surface area contributed by atoms with Crippen LogP contribution in [0.15, 0.2) is 39.5 Å². The minimum Gasteiger partial charge on any atom is -0.467 e. The van der Waals surface area contributed by atoms with Crippen molar-refractivity contribution in [2.24, 2.45) is 0 Å². The minimum atomic E-state index is 0.702. The second-order valence-corrected chi connectivity index (χ2v) is 4.61. The van der Waals surface area contributed by atoms with Gasteiger partial charge in [0.25, 0.3) is 0 Å². The predicted molar refractivity (Wildman–Crippen MR) is 70.6 cm³/mol. The Balaban J connectivity index is 1.92. The fraction of sp³-hybridized carbons (Fsp3) is 0.308. The summed E-state index contributed by atoms with van der Waals surface area (Å²) in [4.78, 5) is 4.39. The first-order valence-corrected chi connectivity index (χ1v) is 6.46. The van der Waals surface area contributed by atoms with Gasteiger partial charge in [0.05, 0.1) is 23.0 Å². The summed E-state index contributed by atoms with van der Waals surface area (Å²) in [6, 6.07) is 5.99. The maximum absolute atomic E-state index is 5.33. The van der Waals surface area contributed by atoms with E-state index in [0.717, 1.165) is 28.9 Å². The van der Waals surface area contributed by atoms with E-state index >= 15 is 0 Å². The lowest BCUT2D eigenvalue weighted by Gasteiger charge is -2.07. The predicted octanol–water partition coefficient (Wildman–Crippen LogP) is 3.29. The van der Waals surface area contributed by atoms with Gasteiger partial charge < -0.3 is 9.73 Å². The quantitative estimate of drug-likeness (QED) is 0.920. The Bertz CT molecular complexity index is 482. The molecule has 0 spiro atoms. The highest BCUT2D eigenvalue weighted by molar-refractivity contribution is 9.10. The lowest BCUT2D eigenvalue weighted by Crippen LogP contribution is -2.14. The number of hydrogen-bond acceptors (Lipinski definition) is 3. The Hall–Kier alpha value is -1.13. The molecular formula is C13H15BrN2O. The Morgan fingerprint density at radius 3 is 2.94 bits per heavy atom. The fourth-order valence-electron chi connectivity index (χ4n) is 1.70. The lowest BCUT2D eigenvalue weighted by molar-refractivity contribution is 0.479. The molecule has 2 heterocycles. The van der Waals surface area contributed by atoms with Crippen LogP contribution < -0.4 is 5.32 Å². The third kappa shape index (κ3) is 3.17. The molecule has 0 bridgehead atoms. The van der Waals surface area contributed by atoms with Crippen LogP contribution in [0.25, 0.3) is 0 Å². The van der Waals surface area contributed by atoms with Crippen LogP contribution in [-0.2, 0) is 19.5 Å². The van der Waals surface area contributed by atoms with E-state index in [1.165, 1.54) is 5.56 Å². The van der Waals surface area contributed by atoms with E-state index in [9.17, 15) is 0 Å². The molecule has 0 saturated carbocycles. The number of rotatable bonds is 5. The van der Waals surface area contributed by atoms with Gasteiger partial charge in [-0.2, -0.15) is 0 Å². The molecule has 1 N–H and O–H groups in total. The van der Waals surface area contributed by atoms with Crippen LogP contribution in [-0.4, -0.2) is 4.98 Å². The Morgan fingerprint density at radius 2 is 2.24 bits per heavy atom. The number of nitrogens with one attached hydrogen (secondary N) is 1. The maximum atomic E-state index is 5.33. The zero-order valence-corrected chi connectivity index (χ0v) is 11.3. The molecular weight excluding hydrogens is 280 g/mol. The van der Waals surface area contributed by atoms with E-state index in [4.69, 9.17) is 4.42 Å². The molecule has 3 nitrogen and oxygen atoms in total. The van der Waals surface area contributed by atoms with Crippen molar-refractivity contribution < 1.29 is 4.42 Å². The van der Waals surface area contributed by atoms with E-state index in [2.05, 4.69) is 39.2 Å². The van der Waals surface area contributed by atoms with Crippen molar-refractivity contribution in [2.75, 3.05) is 0 Å². The average molecular weight is 295 g/mol. The smallest absolute Gasteiger partial charge is 0.131 e. The van der Waals surface area contributed by atoms with Crippen LogP contribution in [0.5, 0.6) is 0 Å². The number of aromatic nitrogens is 1. The summed E-state index contributed by atoms with van der Waals surface area (Å²) in [5.41, 5.74) is 2.40. The van der Waals surface area contributed by atoms with Crippen LogP contribution in [0.4, 0.5) is 0 Å². The topological polar surface area (TPSA) is 38.1 Å². The first-order valence-electron chi connectivity index (χ1n) is 5.66. The molecule has 0 saturated heterocycles. The largest absolute Gasteiger partial charge is 0.467 e. The number of nitrogens with zero attached hydrogens (tertiary/aromatic N) is 1. The van der Waals surface area contributed by atoms with E-state index in [0.29, 0.717) is 6.54 Å². The molecule has 2 aromatic rings. The zero-order chi connectivity index (χ0) is 12.1. The summed E-state index contributed by atoms with van der Waals surface area (Å²) in [6.45, 7) is 3.61. The van der Waals surface area contributed by atoms with Gasteiger partial charge in [0.15, 0.2) is 0 Å². The van der Waals surface area contributed by atoms with Gasteiger partial charge in [0, 0.05) is 12.7 Å². The molecule has 2 aromatic heterocycles. The third-order valence-electron chi connectivity index (χ3n) is 2.63. The van der Waals surface area contributed by atoms with Crippen molar-refractivity contribution in [3.8, 4) is 0 Å². The summed E-state index contributed by atoms with van der Waals surface area (Å²) in [6.07, 6.45) is 4.52. The van der Waals surface area contributed by atoms with Gasteiger partial charge >= 0.3 is 0 Å². The van der Waals surface area contributed by atoms with Crippen molar-refractivity contribution in [3.05, 3.63) is 52.1 Å². The van der Waals surface area contributed by atoms with Crippen molar-refractivity contribution >= 4 is 15.9 Å². The molecule has 0 radical (unpaired) electrons. The minimum absolute atomic E-state index is 0.702. The molecule has 4 heteroatoms. The van der Waals surface area contributed by atoms with Gasteiger partial charge in [-0.15, -0.1) is 0 Å².